The molecule has 1 fully saturated rings. The van der Waals surface area contributed by atoms with E-state index in [-0.39, 0.29) is 0 Å². The summed E-state index contributed by atoms with van der Waals surface area (Å²) in [5.74, 6) is 0.873. The first kappa shape index (κ1) is 16.5. The van der Waals surface area contributed by atoms with Gasteiger partial charge in [-0.3, -0.25) is 0 Å². The minimum absolute atomic E-state index is 0.299. The Morgan fingerprint density at radius 2 is 2.10 bits per heavy atom. The van der Waals surface area contributed by atoms with Crippen LogP contribution in [-0.4, -0.2) is 19.8 Å². The van der Waals surface area contributed by atoms with Gasteiger partial charge < -0.3 is 10.1 Å². The highest BCUT2D eigenvalue weighted by molar-refractivity contribution is 5.32. The van der Waals surface area contributed by atoms with Crippen LogP contribution in [0.25, 0.3) is 0 Å². The van der Waals surface area contributed by atoms with Gasteiger partial charge in [0.25, 0.3) is 0 Å². The number of nitrogens with one attached hydrogen (secondary N) is 1. The molecule has 21 heavy (non-hydrogen) atoms. The summed E-state index contributed by atoms with van der Waals surface area (Å²) in [4.78, 5) is 0. The fourth-order valence-electron chi connectivity index (χ4n) is 3.54. The molecule has 118 valence electrons. The van der Waals surface area contributed by atoms with Gasteiger partial charge in [-0.15, -0.1) is 0 Å². The maximum absolute atomic E-state index is 6.25. The molecule has 1 aromatic rings. The molecular formula is C19H31NO. The molecule has 3 unspecified atom stereocenters. The van der Waals surface area contributed by atoms with Gasteiger partial charge in [0.15, 0.2) is 0 Å². The van der Waals surface area contributed by atoms with Gasteiger partial charge in [0.2, 0.25) is 0 Å². The van der Waals surface area contributed by atoms with E-state index in [0.29, 0.717) is 12.1 Å². The summed E-state index contributed by atoms with van der Waals surface area (Å²) in [6, 6.07) is 6.99. The highest BCUT2D eigenvalue weighted by Crippen LogP contribution is 2.29. The minimum Gasteiger partial charge on any atom is -0.376 e. The third-order valence-corrected chi connectivity index (χ3v) is 4.96. The summed E-state index contributed by atoms with van der Waals surface area (Å²) in [7, 11) is 2.03. The van der Waals surface area contributed by atoms with Crippen molar-refractivity contribution in [3.63, 3.8) is 0 Å². The van der Waals surface area contributed by atoms with Crippen LogP contribution < -0.4 is 5.32 Å². The normalized spacial score (nSPS) is 24.0. The van der Waals surface area contributed by atoms with Crippen LogP contribution in [0.4, 0.5) is 0 Å². The second-order valence-corrected chi connectivity index (χ2v) is 6.60. The molecule has 1 saturated carbocycles. The van der Waals surface area contributed by atoms with Crippen molar-refractivity contribution >= 4 is 0 Å². The van der Waals surface area contributed by atoms with Gasteiger partial charge in [-0.1, -0.05) is 49.9 Å². The topological polar surface area (TPSA) is 21.3 Å². The third kappa shape index (κ3) is 4.55. The Labute approximate surface area is 130 Å². The molecule has 3 atom stereocenters. The second-order valence-electron chi connectivity index (χ2n) is 6.60. The first-order valence-electron chi connectivity index (χ1n) is 8.50. The number of rotatable bonds is 6. The van der Waals surface area contributed by atoms with Crippen LogP contribution in [0, 0.1) is 19.8 Å². The van der Waals surface area contributed by atoms with E-state index in [9.17, 15) is 0 Å². The fraction of sp³-hybridized carbons (Fsp3) is 0.684. The van der Waals surface area contributed by atoms with Gasteiger partial charge in [-0.2, -0.15) is 0 Å². The van der Waals surface area contributed by atoms with Crippen LogP contribution in [0.2, 0.25) is 0 Å². The number of ether oxygens (including phenoxy) is 1. The van der Waals surface area contributed by atoms with Gasteiger partial charge >= 0.3 is 0 Å². The molecule has 0 aliphatic heterocycles. The smallest absolute Gasteiger partial charge is 0.0665 e. The molecule has 0 bridgehead atoms. The van der Waals surface area contributed by atoms with Crippen LogP contribution in [-0.2, 0) is 4.74 Å². The quantitative estimate of drug-likeness (QED) is 0.829. The molecule has 0 amide bonds. The minimum atomic E-state index is 0.299. The first-order valence-corrected chi connectivity index (χ1v) is 8.50. The predicted molar refractivity (Wildman–Crippen MR) is 89.7 cm³/mol. The van der Waals surface area contributed by atoms with Gasteiger partial charge in [0.1, 0.15) is 0 Å². The number of hydrogen-bond acceptors (Lipinski definition) is 2. The average molecular weight is 289 g/mol. The zero-order valence-corrected chi connectivity index (χ0v) is 14.1. The van der Waals surface area contributed by atoms with E-state index >= 15 is 0 Å². The van der Waals surface area contributed by atoms with E-state index in [1.165, 1.54) is 48.8 Å². The third-order valence-electron chi connectivity index (χ3n) is 4.96. The zero-order valence-electron chi connectivity index (χ0n) is 14.1. The van der Waals surface area contributed by atoms with Crippen molar-refractivity contribution in [2.45, 2.75) is 65.0 Å². The monoisotopic (exact) mass is 289 g/mol. The van der Waals surface area contributed by atoms with Crippen molar-refractivity contribution in [3.05, 3.63) is 34.9 Å². The number of benzene rings is 1. The molecule has 1 N–H and O–H groups in total. The number of aryl methyl sites for hydroxylation is 2. The molecular weight excluding hydrogens is 258 g/mol. The van der Waals surface area contributed by atoms with Crippen molar-refractivity contribution in [3.8, 4) is 0 Å². The summed E-state index contributed by atoms with van der Waals surface area (Å²) >= 11 is 0. The Kier molecular flexibility index (Phi) is 6.25. The Bertz CT molecular complexity index is 443. The highest BCUT2D eigenvalue weighted by atomic mass is 16.5. The van der Waals surface area contributed by atoms with Gasteiger partial charge in [-0.05, 0) is 50.8 Å². The molecule has 1 aliphatic carbocycles. The maximum Gasteiger partial charge on any atom is 0.0665 e. The standard InChI is InChI=1S/C19H31NO/c1-5-16-7-6-8-17(12-16)21-13-19(20-4)18-10-9-14(2)11-15(18)3/h9-11,16-17,19-20H,5-8,12-13H2,1-4H3. The van der Waals surface area contributed by atoms with Crippen molar-refractivity contribution in [1.82, 2.24) is 5.32 Å². The molecule has 2 heteroatoms. The largest absolute Gasteiger partial charge is 0.376 e. The summed E-state index contributed by atoms with van der Waals surface area (Å²) < 4.78 is 6.25. The van der Waals surface area contributed by atoms with Crippen LogP contribution in [0.15, 0.2) is 18.2 Å². The van der Waals surface area contributed by atoms with E-state index in [0.717, 1.165) is 12.5 Å². The van der Waals surface area contributed by atoms with Gasteiger partial charge in [0.05, 0.1) is 18.8 Å². The molecule has 0 heterocycles. The molecule has 1 aromatic carbocycles. The van der Waals surface area contributed by atoms with E-state index in [1.54, 1.807) is 0 Å². The lowest BCUT2D eigenvalue weighted by Gasteiger charge is -2.30. The van der Waals surface area contributed by atoms with Crippen molar-refractivity contribution < 1.29 is 4.74 Å². The molecule has 2 rings (SSSR count). The Morgan fingerprint density at radius 1 is 1.29 bits per heavy atom. The lowest BCUT2D eigenvalue weighted by molar-refractivity contribution is 0.00201. The highest BCUT2D eigenvalue weighted by Gasteiger charge is 2.22. The Morgan fingerprint density at radius 3 is 2.76 bits per heavy atom. The lowest BCUT2D eigenvalue weighted by Crippen LogP contribution is -2.28. The second kappa shape index (κ2) is 7.95. The molecule has 0 saturated heterocycles. The average Bonchev–Trinajstić information content (AvgIpc) is 2.49. The van der Waals surface area contributed by atoms with Crippen molar-refractivity contribution in [2.24, 2.45) is 5.92 Å². The molecule has 1 aliphatic rings. The van der Waals surface area contributed by atoms with E-state index < -0.39 is 0 Å². The summed E-state index contributed by atoms with van der Waals surface area (Å²) in [6.45, 7) is 7.43. The van der Waals surface area contributed by atoms with Crippen LogP contribution >= 0.6 is 0 Å². The zero-order chi connectivity index (χ0) is 15.2. The fourth-order valence-corrected chi connectivity index (χ4v) is 3.54. The molecule has 0 radical (unpaired) electrons. The predicted octanol–water partition coefficient (Wildman–Crippen LogP) is 4.55. The maximum atomic E-state index is 6.25. The van der Waals surface area contributed by atoms with E-state index in [2.05, 4.69) is 44.3 Å². The first-order chi connectivity index (χ1) is 10.1. The summed E-state index contributed by atoms with van der Waals surface area (Å²) in [5, 5.41) is 3.42. The lowest BCUT2D eigenvalue weighted by atomic mass is 9.85. The van der Waals surface area contributed by atoms with Gasteiger partial charge in [-0.25, -0.2) is 0 Å². The molecule has 2 nitrogen and oxygen atoms in total. The van der Waals surface area contributed by atoms with Gasteiger partial charge in [0, 0.05) is 0 Å². The van der Waals surface area contributed by atoms with Crippen molar-refractivity contribution in [2.75, 3.05) is 13.7 Å². The van der Waals surface area contributed by atoms with E-state index in [4.69, 9.17) is 4.74 Å². The Balaban J connectivity index is 1.93. The van der Waals surface area contributed by atoms with Crippen LogP contribution in [0.5, 0.6) is 0 Å². The Hall–Kier alpha value is -0.860. The van der Waals surface area contributed by atoms with E-state index in [1.807, 2.05) is 7.05 Å². The van der Waals surface area contributed by atoms with Crippen LogP contribution in [0.3, 0.4) is 0 Å². The summed E-state index contributed by atoms with van der Waals surface area (Å²) in [5.41, 5.74) is 4.05. The molecule has 0 spiro atoms. The summed E-state index contributed by atoms with van der Waals surface area (Å²) in [6.07, 6.45) is 6.97. The SMILES string of the molecule is CCC1CCCC(OCC(NC)c2ccc(C)cc2C)C1. The number of likely N-dealkylation sites (N-methyl/N-ethyl adjacent to an activating group) is 1. The van der Waals surface area contributed by atoms with Crippen LogP contribution in [0.1, 0.15) is 61.8 Å². The number of hydrogen-bond donors (Lipinski definition) is 1. The van der Waals surface area contributed by atoms with Crippen molar-refractivity contribution in [1.29, 1.82) is 0 Å². The molecule has 0 aromatic heterocycles.